The van der Waals surface area contributed by atoms with Crippen LogP contribution < -0.4 is 10.4 Å². The first kappa shape index (κ1) is 12.2. The number of hydrazine groups is 1. The molecular formula is C13H14N2O3. The molecule has 0 radical (unpaired) electrons. The Morgan fingerprint density at radius 2 is 1.94 bits per heavy atom. The normalized spacial score (nSPS) is 14.4. The second-order valence-corrected chi connectivity index (χ2v) is 3.93. The molecule has 0 aromatic heterocycles. The smallest absolute Gasteiger partial charge is 0.337 e. The Labute approximate surface area is 105 Å². The van der Waals surface area contributed by atoms with Gasteiger partial charge in [-0.2, -0.15) is 0 Å². The van der Waals surface area contributed by atoms with Crippen molar-refractivity contribution >= 4 is 17.4 Å². The fraction of sp³-hybridized carbons (Fsp3) is 0.231. The number of hydrogen-bond acceptors (Lipinski definition) is 5. The number of carbonyl (C=O) groups excluding carboxylic acids is 2. The van der Waals surface area contributed by atoms with Crippen LogP contribution in [0.25, 0.3) is 0 Å². The summed E-state index contributed by atoms with van der Waals surface area (Å²) in [4.78, 5) is 23.1. The zero-order chi connectivity index (χ0) is 13.1. The van der Waals surface area contributed by atoms with E-state index in [0.29, 0.717) is 17.8 Å². The number of Topliss-reactive ketones (excluding diaryl/α,β-unsaturated/α-hetero) is 1. The van der Waals surface area contributed by atoms with Crippen LogP contribution in [-0.4, -0.2) is 25.4 Å². The fourth-order valence-corrected chi connectivity index (χ4v) is 1.82. The summed E-state index contributed by atoms with van der Waals surface area (Å²) in [6.07, 6.45) is 0. The van der Waals surface area contributed by atoms with E-state index >= 15 is 0 Å². The summed E-state index contributed by atoms with van der Waals surface area (Å²) in [5, 5.41) is 1.74. The molecule has 0 aliphatic carbocycles. The number of ether oxygens (including phenoxy) is 1. The van der Waals surface area contributed by atoms with Crippen molar-refractivity contribution in [3.8, 4) is 0 Å². The van der Waals surface area contributed by atoms with Gasteiger partial charge in [0.05, 0.1) is 24.9 Å². The number of nitrogens with zero attached hydrogens (tertiary/aromatic N) is 1. The van der Waals surface area contributed by atoms with Crippen LogP contribution in [-0.2, 0) is 14.3 Å². The Morgan fingerprint density at radius 3 is 2.50 bits per heavy atom. The molecule has 0 unspecified atom stereocenters. The summed E-state index contributed by atoms with van der Waals surface area (Å²) in [6, 6.07) is 9.47. The second-order valence-electron chi connectivity index (χ2n) is 3.93. The molecule has 1 N–H and O–H groups in total. The van der Waals surface area contributed by atoms with E-state index in [2.05, 4.69) is 10.2 Å². The van der Waals surface area contributed by atoms with Crippen LogP contribution in [0.1, 0.15) is 6.92 Å². The maximum absolute atomic E-state index is 11.6. The lowest BCUT2D eigenvalue weighted by Gasteiger charge is -2.19. The lowest BCUT2D eigenvalue weighted by Crippen LogP contribution is -2.33. The van der Waals surface area contributed by atoms with Gasteiger partial charge in [0.15, 0.2) is 5.78 Å². The number of rotatable bonds is 3. The maximum atomic E-state index is 11.6. The van der Waals surface area contributed by atoms with Crippen LogP contribution >= 0.6 is 0 Å². The molecule has 0 atom stereocenters. The van der Waals surface area contributed by atoms with Crippen molar-refractivity contribution in [2.24, 2.45) is 0 Å². The largest absolute Gasteiger partial charge is 0.466 e. The first-order valence-electron chi connectivity index (χ1n) is 5.55. The summed E-state index contributed by atoms with van der Waals surface area (Å²) in [7, 11) is 1.30. The van der Waals surface area contributed by atoms with E-state index in [1.54, 1.807) is 5.01 Å². The third-order valence-corrected chi connectivity index (χ3v) is 2.72. The van der Waals surface area contributed by atoms with Crippen LogP contribution in [0.4, 0.5) is 5.69 Å². The first-order chi connectivity index (χ1) is 8.63. The summed E-state index contributed by atoms with van der Waals surface area (Å²) in [5.74, 6) is -0.667. The van der Waals surface area contributed by atoms with Gasteiger partial charge < -0.3 is 4.74 Å². The van der Waals surface area contributed by atoms with E-state index < -0.39 is 5.97 Å². The average molecular weight is 246 g/mol. The summed E-state index contributed by atoms with van der Waals surface area (Å²) < 4.78 is 4.68. The van der Waals surface area contributed by atoms with Crippen LogP contribution in [0.2, 0.25) is 0 Å². The van der Waals surface area contributed by atoms with Gasteiger partial charge in [-0.25, -0.2) is 4.79 Å². The van der Waals surface area contributed by atoms with Gasteiger partial charge in [0, 0.05) is 6.92 Å². The molecular weight excluding hydrogens is 232 g/mol. The molecule has 1 heterocycles. The maximum Gasteiger partial charge on any atom is 0.337 e. The molecule has 2 rings (SSSR count). The highest BCUT2D eigenvalue weighted by Crippen LogP contribution is 2.21. The summed E-state index contributed by atoms with van der Waals surface area (Å²) in [6.45, 7) is 1.73. The van der Waals surface area contributed by atoms with Crippen molar-refractivity contribution < 1.29 is 14.3 Å². The minimum atomic E-state index is -0.480. The highest BCUT2D eigenvalue weighted by atomic mass is 16.5. The predicted octanol–water partition coefficient (Wildman–Crippen LogP) is 1.03. The van der Waals surface area contributed by atoms with Crippen LogP contribution in [0.15, 0.2) is 41.6 Å². The highest BCUT2D eigenvalue weighted by Gasteiger charge is 2.29. The zero-order valence-corrected chi connectivity index (χ0v) is 10.3. The molecule has 1 aliphatic heterocycles. The quantitative estimate of drug-likeness (QED) is 0.807. The molecule has 0 saturated heterocycles. The molecule has 1 aromatic carbocycles. The van der Waals surface area contributed by atoms with Gasteiger partial charge in [0.2, 0.25) is 0 Å². The van der Waals surface area contributed by atoms with E-state index in [1.807, 2.05) is 30.3 Å². The number of methoxy groups -OCH3 is 1. The molecule has 0 bridgehead atoms. The van der Waals surface area contributed by atoms with Gasteiger partial charge >= 0.3 is 5.97 Å². The molecule has 5 nitrogen and oxygen atoms in total. The molecule has 1 aliphatic rings. The third-order valence-electron chi connectivity index (χ3n) is 2.72. The Bertz CT molecular complexity index is 508. The average Bonchev–Trinajstić information content (AvgIpc) is 2.84. The predicted molar refractivity (Wildman–Crippen MR) is 66.6 cm³/mol. The number of nitrogens with one attached hydrogen (secondary N) is 1. The molecule has 0 saturated carbocycles. The van der Waals surface area contributed by atoms with Crippen molar-refractivity contribution in [1.82, 2.24) is 5.43 Å². The molecule has 94 valence electrons. The number of hydrogen-bond donors (Lipinski definition) is 1. The molecule has 18 heavy (non-hydrogen) atoms. The topological polar surface area (TPSA) is 58.6 Å². The number of anilines is 1. The fourth-order valence-electron chi connectivity index (χ4n) is 1.82. The van der Waals surface area contributed by atoms with E-state index in [0.717, 1.165) is 5.69 Å². The lowest BCUT2D eigenvalue weighted by atomic mass is 10.2. The number of para-hydroxylation sites is 1. The molecule has 0 fully saturated rings. The van der Waals surface area contributed by atoms with Gasteiger partial charge in [-0.1, -0.05) is 18.2 Å². The van der Waals surface area contributed by atoms with Crippen molar-refractivity contribution in [2.45, 2.75) is 6.92 Å². The molecule has 0 amide bonds. The highest BCUT2D eigenvalue weighted by molar-refractivity contribution is 6.04. The standard InChI is InChI=1S/C13H14N2O3/c1-9(16)12-11(13(17)18-2)8-15(14-12)10-6-4-3-5-7-10/h3-7,14H,8H2,1-2H3. The first-order valence-corrected chi connectivity index (χ1v) is 5.55. The Hall–Kier alpha value is -2.30. The number of ketones is 1. The SMILES string of the molecule is COC(=O)C1=C(C(C)=O)NN(c2ccccc2)C1. The van der Waals surface area contributed by atoms with Crippen LogP contribution in [0.3, 0.4) is 0 Å². The second kappa shape index (κ2) is 4.91. The van der Waals surface area contributed by atoms with Crippen LogP contribution in [0.5, 0.6) is 0 Å². The summed E-state index contributed by atoms with van der Waals surface area (Å²) in [5.41, 5.74) is 4.47. The Balaban J connectivity index is 2.26. The van der Waals surface area contributed by atoms with Crippen LogP contribution in [0, 0.1) is 0 Å². The van der Waals surface area contributed by atoms with E-state index in [4.69, 9.17) is 0 Å². The van der Waals surface area contributed by atoms with E-state index in [9.17, 15) is 9.59 Å². The minimum absolute atomic E-state index is 0.186. The van der Waals surface area contributed by atoms with Crippen molar-refractivity contribution in [3.63, 3.8) is 0 Å². The number of carbonyl (C=O) groups is 2. The lowest BCUT2D eigenvalue weighted by molar-refractivity contribution is -0.136. The van der Waals surface area contributed by atoms with Gasteiger partial charge in [-0.15, -0.1) is 0 Å². The van der Waals surface area contributed by atoms with Crippen molar-refractivity contribution in [1.29, 1.82) is 0 Å². The van der Waals surface area contributed by atoms with Gasteiger partial charge in [-0.3, -0.25) is 15.2 Å². The monoisotopic (exact) mass is 246 g/mol. The molecule has 0 spiro atoms. The van der Waals surface area contributed by atoms with Gasteiger partial charge in [-0.05, 0) is 12.1 Å². The van der Waals surface area contributed by atoms with E-state index in [-0.39, 0.29) is 5.78 Å². The molecule has 1 aromatic rings. The number of benzene rings is 1. The van der Waals surface area contributed by atoms with E-state index in [1.165, 1.54) is 14.0 Å². The molecule has 5 heteroatoms. The zero-order valence-electron chi connectivity index (χ0n) is 10.3. The number of esters is 1. The third kappa shape index (κ3) is 2.20. The van der Waals surface area contributed by atoms with Crippen molar-refractivity contribution in [3.05, 3.63) is 41.6 Å². The Morgan fingerprint density at radius 1 is 1.28 bits per heavy atom. The van der Waals surface area contributed by atoms with Gasteiger partial charge in [0.1, 0.15) is 5.70 Å². The Kier molecular flexibility index (Phi) is 3.32. The summed E-state index contributed by atoms with van der Waals surface area (Å²) >= 11 is 0. The van der Waals surface area contributed by atoms with Crippen molar-refractivity contribution in [2.75, 3.05) is 18.7 Å². The number of allylic oxidation sites excluding steroid dienone is 1. The van der Waals surface area contributed by atoms with Gasteiger partial charge in [0.25, 0.3) is 0 Å². The minimum Gasteiger partial charge on any atom is -0.466 e.